The van der Waals surface area contributed by atoms with Gasteiger partial charge in [-0.15, -0.1) is 11.3 Å². The molecule has 0 radical (unpaired) electrons. The summed E-state index contributed by atoms with van der Waals surface area (Å²) in [6, 6.07) is -0.158. The van der Waals surface area contributed by atoms with Crippen LogP contribution in [0, 0.1) is 0 Å². The third-order valence-corrected chi connectivity index (χ3v) is 5.31. The predicted octanol–water partition coefficient (Wildman–Crippen LogP) is 0.843. The van der Waals surface area contributed by atoms with E-state index in [4.69, 9.17) is 4.74 Å². The molecule has 3 rings (SSSR count). The van der Waals surface area contributed by atoms with Crippen molar-refractivity contribution >= 4 is 21.2 Å². The molecular weight excluding hydrogens is 312 g/mol. The van der Waals surface area contributed by atoms with Crippen LogP contribution in [0.3, 0.4) is 0 Å². The van der Waals surface area contributed by atoms with Crippen molar-refractivity contribution in [3.8, 4) is 0 Å². The van der Waals surface area contributed by atoms with E-state index < -0.39 is 9.84 Å². The predicted molar refractivity (Wildman–Crippen MR) is 77.8 cm³/mol. The highest BCUT2D eigenvalue weighted by molar-refractivity contribution is 7.90. The maximum atomic E-state index is 11.9. The second-order valence-corrected chi connectivity index (χ2v) is 7.87. The molecule has 2 aromatic heterocycles. The fourth-order valence-corrected chi connectivity index (χ4v) is 3.88. The molecule has 0 spiro atoms. The highest BCUT2D eigenvalue weighted by atomic mass is 32.2. The second-order valence-electron chi connectivity index (χ2n) is 4.91. The maximum absolute atomic E-state index is 11.9. The Hall–Kier alpha value is -1.29. The number of nitrogens with zero attached hydrogens (tertiary/aromatic N) is 3. The Morgan fingerprint density at radius 1 is 1.57 bits per heavy atom. The Bertz CT molecular complexity index is 696. The minimum atomic E-state index is -3.31. The minimum absolute atomic E-state index is 0.158. The van der Waals surface area contributed by atoms with Crippen molar-refractivity contribution in [2.45, 2.75) is 17.5 Å². The number of morpholine rings is 1. The minimum Gasteiger partial charge on any atom is -0.378 e. The number of aromatic nitrogens is 3. The summed E-state index contributed by atoms with van der Waals surface area (Å²) in [6.45, 7) is 2.47. The third kappa shape index (κ3) is 3.15. The van der Waals surface area contributed by atoms with Crippen LogP contribution in [-0.2, 0) is 21.1 Å². The number of aromatic amines is 1. The van der Waals surface area contributed by atoms with Gasteiger partial charge in [-0.2, -0.15) is 5.10 Å². The van der Waals surface area contributed by atoms with Gasteiger partial charge in [0.1, 0.15) is 9.90 Å². The van der Waals surface area contributed by atoms with Crippen LogP contribution in [0.2, 0.25) is 0 Å². The lowest BCUT2D eigenvalue weighted by Gasteiger charge is -2.34. The van der Waals surface area contributed by atoms with E-state index in [1.54, 1.807) is 17.5 Å². The fourth-order valence-electron chi connectivity index (χ4n) is 2.42. The maximum Gasteiger partial charge on any atom is 0.178 e. The molecule has 0 bridgehead atoms. The molecule has 2 aromatic rings. The Labute approximate surface area is 126 Å². The van der Waals surface area contributed by atoms with Crippen molar-refractivity contribution in [2.24, 2.45) is 0 Å². The third-order valence-electron chi connectivity index (χ3n) is 3.43. The summed E-state index contributed by atoms with van der Waals surface area (Å²) in [6.07, 6.45) is 4.32. The standard InChI is InChI=1S/C12H16N4O3S2/c1-21(17,18)10-6-14-15-12(10)9-8-19-4-3-16(9)7-11-13-2-5-20-11/h2,5-6,9H,3-4,7-8H2,1H3,(H,14,15)/t9-/m1/s1. The van der Waals surface area contributed by atoms with Gasteiger partial charge in [0.25, 0.3) is 0 Å². The molecule has 1 N–H and O–H groups in total. The largest absolute Gasteiger partial charge is 0.378 e. The van der Waals surface area contributed by atoms with Crippen LogP contribution in [0.1, 0.15) is 16.7 Å². The number of sulfone groups is 1. The molecule has 0 saturated carbocycles. The van der Waals surface area contributed by atoms with Crippen LogP contribution in [0.15, 0.2) is 22.7 Å². The quantitative estimate of drug-likeness (QED) is 0.895. The van der Waals surface area contributed by atoms with Gasteiger partial charge in [-0.3, -0.25) is 10.00 Å². The summed E-state index contributed by atoms with van der Waals surface area (Å²) < 4.78 is 29.2. The topological polar surface area (TPSA) is 88.2 Å². The molecule has 1 atom stereocenters. The number of hydrogen-bond acceptors (Lipinski definition) is 7. The summed E-state index contributed by atoms with van der Waals surface area (Å²) in [5, 5.41) is 9.66. The summed E-state index contributed by atoms with van der Waals surface area (Å²) in [5.74, 6) is 0. The van der Waals surface area contributed by atoms with Gasteiger partial charge in [0.05, 0.1) is 37.7 Å². The number of ether oxygens (including phenoxy) is 1. The smallest absolute Gasteiger partial charge is 0.178 e. The number of thiazole rings is 1. The van der Waals surface area contributed by atoms with Gasteiger partial charge in [0.15, 0.2) is 9.84 Å². The molecule has 0 aromatic carbocycles. The molecule has 21 heavy (non-hydrogen) atoms. The molecule has 0 aliphatic carbocycles. The van der Waals surface area contributed by atoms with Crippen molar-refractivity contribution in [2.75, 3.05) is 26.0 Å². The average Bonchev–Trinajstić information content (AvgIpc) is 3.08. The van der Waals surface area contributed by atoms with Gasteiger partial charge in [0, 0.05) is 24.4 Å². The summed E-state index contributed by atoms with van der Waals surface area (Å²) in [5.41, 5.74) is 0.591. The summed E-state index contributed by atoms with van der Waals surface area (Å²) in [7, 11) is -3.31. The Morgan fingerprint density at radius 2 is 2.43 bits per heavy atom. The first-order valence-electron chi connectivity index (χ1n) is 6.49. The van der Waals surface area contributed by atoms with Crippen molar-refractivity contribution in [1.29, 1.82) is 0 Å². The van der Waals surface area contributed by atoms with E-state index in [9.17, 15) is 8.42 Å². The lowest BCUT2D eigenvalue weighted by Crippen LogP contribution is -2.39. The van der Waals surface area contributed by atoms with E-state index in [0.29, 0.717) is 25.5 Å². The van der Waals surface area contributed by atoms with E-state index >= 15 is 0 Å². The van der Waals surface area contributed by atoms with Gasteiger partial charge < -0.3 is 4.74 Å². The van der Waals surface area contributed by atoms with Crippen LogP contribution in [0.5, 0.6) is 0 Å². The van der Waals surface area contributed by atoms with E-state index in [0.717, 1.165) is 11.6 Å². The first-order chi connectivity index (χ1) is 10.1. The lowest BCUT2D eigenvalue weighted by atomic mass is 10.1. The molecular formula is C12H16N4O3S2. The molecule has 1 saturated heterocycles. The van der Waals surface area contributed by atoms with Crippen LogP contribution in [0.25, 0.3) is 0 Å². The highest BCUT2D eigenvalue weighted by Crippen LogP contribution is 2.29. The van der Waals surface area contributed by atoms with Gasteiger partial charge in [-0.25, -0.2) is 13.4 Å². The molecule has 0 unspecified atom stereocenters. The molecule has 3 heterocycles. The van der Waals surface area contributed by atoms with Crippen LogP contribution in [0.4, 0.5) is 0 Å². The average molecular weight is 328 g/mol. The zero-order valence-corrected chi connectivity index (χ0v) is 13.2. The van der Waals surface area contributed by atoms with E-state index in [1.165, 1.54) is 12.5 Å². The van der Waals surface area contributed by atoms with E-state index in [-0.39, 0.29) is 10.9 Å². The van der Waals surface area contributed by atoms with Gasteiger partial charge >= 0.3 is 0 Å². The number of H-pyrrole nitrogens is 1. The molecule has 1 fully saturated rings. The van der Waals surface area contributed by atoms with E-state index in [2.05, 4.69) is 20.1 Å². The van der Waals surface area contributed by atoms with Crippen LogP contribution >= 0.6 is 11.3 Å². The normalized spacial score (nSPS) is 20.7. The summed E-state index contributed by atoms with van der Waals surface area (Å²) >= 11 is 1.59. The van der Waals surface area contributed by atoms with Crippen LogP contribution < -0.4 is 0 Å². The molecule has 9 heteroatoms. The number of rotatable bonds is 4. The van der Waals surface area contributed by atoms with Crippen molar-refractivity contribution in [3.63, 3.8) is 0 Å². The van der Waals surface area contributed by atoms with Crippen molar-refractivity contribution in [1.82, 2.24) is 20.1 Å². The molecule has 7 nitrogen and oxygen atoms in total. The highest BCUT2D eigenvalue weighted by Gasteiger charge is 2.31. The Balaban J connectivity index is 1.89. The van der Waals surface area contributed by atoms with Gasteiger partial charge in [-0.05, 0) is 0 Å². The first kappa shape index (κ1) is 14.6. The monoisotopic (exact) mass is 328 g/mol. The number of nitrogens with one attached hydrogen (secondary N) is 1. The summed E-state index contributed by atoms with van der Waals surface area (Å²) in [4.78, 5) is 6.70. The van der Waals surface area contributed by atoms with E-state index in [1.807, 2.05) is 5.38 Å². The lowest BCUT2D eigenvalue weighted by molar-refractivity contribution is -0.0152. The number of hydrogen-bond donors (Lipinski definition) is 1. The second kappa shape index (κ2) is 5.84. The van der Waals surface area contributed by atoms with Gasteiger partial charge in [-0.1, -0.05) is 0 Å². The van der Waals surface area contributed by atoms with Crippen molar-refractivity contribution < 1.29 is 13.2 Å². The molecule has 1 aliphatic heterocycles. The fraction of sp³-hybridized carbons (Fsp3) is 0.500. The van der Waals surface area contributed by atoms with Gasteiger partial charge in [0.2, 0.25) is 0 Å². The SMILES string of the molecule is CS(=O)(=O)c1cn[nH]c1[C@H]1COCCN1Cc1nccs1. The van der Waals surface area contributed by atoms with Crippen LogP contribution in [-0.4, -0.2) is 54.5 Å². The molecule has 0 amide bonds. The Kier molecular flexibility index (Phi) is 4.07. The molecule has 114 valence electrons. The van der Waals surface area contributed by atoms with Crippen molar-refractivity contribution in [3.05, 3.63) is 28.5 Å². The first-order valence-corrected chi connectivity index (χ1v) is 9.26. The molecule has 1 aliphatic rings. The zero-order valence-electron chi connectivity index (χ0n) is 11.5. The zero-order chi connectivity index (χ0) is 14.9. The Morgan fingerprint density at radius 3 is 3.14 bits per heavy atom.